The van der Waals surface area contributed by atoms with Crippen LogP contribution in [-0.2, 0) is 11.3 Å². The van der Waals surface area contributed by atoms with Gasteiger partial charge < -0.3 is 5.32 Å². The lowest BCUT2D eigenvalue weighted by molar-refractivity contribution is -0.122. The Bertz CT molecular complexity index is 1380. The van der Waals surface area contributed by atoms with Crippen molar-refractivity contribution >= 4 is 28.4 Å². The molecule has 1 atom stereocenters. The fraction of sp³-hybridized carbons (Fsp3) is 0.125. The van der Waals surface area contributed by atoms with Crippen molar-refractivity contribution in [1.82, 2.24) is 14.5 Å². The van der Waals surface area contributed by atoms with Gasteiger partial charge in [-0.15, -0.1) is 0 Å². The second-order valence-electron chi connectivity index (χ2n) is 7.21. The average molecular weight is 434 g/mol. The van der Waals surface area contributed by atoms with Crippen LogP contribution >= 0.6 is 11.6 Å². The van der Waals surface area contributed by atoms with Gasteiger partial charge in [0.15, 0.2) is 0 Å². The van der Waals surface area contributed by atoms with E-state index in [1.54, 1.807) is 48.5 Å². The lowest BCUT2D eigenvalue weighted by atomic mass is 10.1. The first kappa shape index (κ1) is 20.6. The van der Waals surface area contributed by atoms with Gasteiger partial charge in [0.2, 0.25) is 5.91 Å². The SMILES string of the molecule is C[C@H](NC(=O)Cn1c(=O)n(-c2cccc(Cl)c2)c(=O)c2ccccc21)c1ccccc1. The van der Waals surface area contributed by atoms with Gasteiger partial charge in [-0.2, -0.15) is 0 Å². The van der Waals surface area contributed by atoms with Crippen LogP contribution in [0.3, 0.4) is 0 Å². The van der Waals surface area contributed by atoms with E-state index in [-0.39, 0.29) is 18.5 Å². The molecule has 4 aromatic rings. The quantitative estimate of drug-likeness (QED) is 0.521. The minimum Gasteiger partial charge on any atom is -0.348 e. The molecule has 1 N–H and O–H groups in total. The van der Waals surface area contributed by atoms with Gasteiger partial charge in [-0.05, 0) is 42.8 Å². The summed E-state index contributed by atoms with van der Waals surface area (Å²) in [6, 6.07) is 22.6. The highest BCUT2D eigenvalue weighted by molar-refractivity contribution is 6.30. The van der Waals surface area contributed by atoms with Crippen molar-refractivity contribution in [2.45, 2.75) is 19.5 Å². The Morgan fingerprint density at radius 3 is 2.42 bits per heavy atom. The van der Waals surface area contributed by atoms with Crippen LogP contribution in [0.1, 0.15) is 18.5 Å². The molecule has 1 heterocycles. The van der Waals surface area contributed by atoms with Crippen molar-refractivity contribution in [2.75, 3.05) is 0 Å². The van der Waals surface area contributed by atoms with E-state index in [2.05, 4.69) is 5.32 Å². The minimum atomic E-state index is -0.603. The van der Waals surface area contributed by atoms with E-state index in [1.165, 1.54) is 4.57 Å². The summed E-state index contributed by atoms with van der Waals surface area (Å²) in [5.74, 6) is -0.333. The van der Waals surface area contributed by atoms with Crippen LogP contribution < -0.4 is 16.6 Å². The number of para-hydroxylation sites is 1. The Balaban J connectivity index is 1.78. The Hall–Kier alpha value is -3.64. The van der Waals surface area contributed by atoms with E-state index in [1.807, 2.05) is 37.3 Å². The maximum absolute atomic E-state index is 13.3. The van der Waals surface area contributed by atoms with Crippen molar-refractivity contribution in [3.05, 3.63) is 110 Å². The number of nitrogens with zero attached hydrogens (tertiary/aromatic N) is 2. The highest BCUT2D eigenvalue weighted by Crippen LogP contribution is 2.15. The summed E-state index contributed by atoms with van der Waals surface area (Å²) in [5.41, 5.74) is 0.640. The van der Waals surface area contributed by atoms with Crippen molar-refractivity contribution in [3.8, 4) is 5.69 Å². The Morgan fingerprint density at radius 1 is 0.968 bits per heavy atom. The highest BCUT2D eigenvalue weighted by Gasteiger charge is 2.17. The number of carbonyl (C=O) groups excluding carboxylic acids is 1. The van der Waals surface area contributed by atoms with Crippen molar-refractivity contribution in [1.29, 1.82) is 0 Å². The Labute approximate surface area is 183 Å². The topological polar surface area (TPSA) is 73.1 Å². The van der Waals surface area contributed by atoms with E-state index in [0.717, 1.165) is 10.1 Å². The third kappa shape index (κ3) is 4.15. The molecule has 0 aliphatic carbocycles. The van der Waals surface area contributed by atoms with Crippen molar-refractivity contribution < 1.29 is 4.79 Å². The van der Waals surface area contributed by atoms with Gasteiger partial charge in [0, 0.05) is 5.02 Å². The fourth-order valence-corrected chi connectivity index (χ4v) is 3.76. The van der Waals surface area contributed by atoms with Gasteiger partial charge in [-0.1, -0.05) is 60.1 Å². The van der Waals surface area contributed by atoms with Gasteiger partial charge >= 0.3 is 5.69 Å². The monoisotopic (exact) mass is 433 g/mol. The van der Waals surface area contributed by atoms with Crippen molar-refractivity contribution in [2.24, 2.45) is 0 Å². The molecule has 0 saturated heterocycles. The number of rotatable bonds is 5. The Kier molecular flexibility index (Phi) is 5.73. The van der Waals surface area contributed by atoms with Gasteiger partial charge in [0.1, 0.15) is 6.54 Å². The molecule has 0 saturated carbocycles. The van der Waals surface area contributed by atoms with Gasteiger partial charge in [-0.3, -0.25) is 14.2 Å². The molecular weight excluding hydrogens is 414 g/mol. The van der Waals surface area contributed by atoms with Crippen LogP contribution in [-0.4, -0.2) is 15.0 Å². The lowest BCUT2D eigenvalue weighted by Gasteiger charge is -2.17. The van der Waals surface area contributed by atoms with E-state index in [4.69, 9.17) is 11.6 Å². The van der Waals surface area contributed by atoms with Crippen molar-refractivity contribution in [3.63, 3.8) is 0 Å². The molecule has 0 aliphatic heterocycles. The molecule has 156 valence electrons. The summed E-state index contributed by atoms with van der Waals surface area (Å²) in [4.78, 5) is 39.2. The Morgan fingerprint density at radius 2 is 1.68 bits per heavy atom. The van der Waals surface area contributed by atoms with Crippen LogP contribution in [0.2, 0.25) is 5.02 Å². The number of nitrogens with one attached hydrogen (secondary N) is 1. The van der Waals surface area contributed by atoms with E-state index >= 15 is 0 Å². The molecule has 6 nitrogen and oxygen atoms in total. The molecule has 0 unspecified atom stereocenters. The number of hydrogen-bond donors (Lipinski definition) is 1. The second-order valence-corrected chi connectivity index (χ2v) is 7.64. The predicted octanol–water partition coefficient (Wildman–Crippen LogP) is 3.68. The van der Waals surface area contributed by atoms with Crippen LogP contribution in [0, 0.1) is 0 Å². The molecule has 1 aromatic heterocycles. The molecule has 0 bridgehead atoms. The van der Waals surface area contributed by atoms with Gasteiger partial charge in [0.25, 0.3) is 5.56 Å². The average Bonchev–Trinajstić information content (AvgIpc) is 2.77. The van der Waals surface area contributed by atoms with Crippen LogP contribution in [0.15, 0.2) is 88.5 Å². The maximum Gasteiger partial charge on any atom is 0.336 e. The molecular formula is C24H20ClN3O3. The molecule has 31 heavy (non-hydrogen) atoms. The molecule has 0 fully saturated rings. The first-order valence-electron chi connectivity index (χ1n) is 9.80. The highest BCUT2D eigenvalue weighted by atomic mass is 35.5. The van der Waals surface area contributed by atoms with Crippen LogP contribution in [0.5, 0.6) is 0 Å². The molecule has 3 aromatic carbocycles. The number of fused-ring (bicyclic) bond motifs is 1. The van der Waals surface area contributed by atoms with E-state index < -0.39 is 11.2 Å². The number of halogens is 1. The molecule has 0 aliphatic rings. The van der Waals surface area contributed by atoms with E-state index in [9.17, 15) is 14.4 Å². The smallest absolute Gasteiger partial charge is 0.336 e. The fourth-order valence-electron chi connectivity index (χ4n) is 3.57. The summed E-state index contributed by atoms with van der Waals surface area (Å²) in [5, 5.41) is 3.65. The van der Waals surface area contributed by atoms with Crippen LogP contribution in [0.4, 0.5) is 0 Å². The zero-order chi connectivity index (χ0) is 22.0. The summed E-state index contributed by atoms with van der Waals surface area (Å²) >= 11 is 6.07. The molecule has 7 heteroatoms. The number of hydrogen-bond acceptors (Lipinski definition) is 3. The largest absolute Gasteiger partial charge is 0.348 e. The summed E-state index contributed by atoms with van der Waals surface area (Å²) < 4.78 is 2.35. The summed E-state index contributed by atoms with van der Waals surface area (Å²) in [6.45, 7) is 1.65. The summed E-state index contributed by atoms with van der Waals surface area (Å²) in [7, 11) is 0. The van der Waals surface area contributed by atoms with E-state index in [0.29, 0.717) is 21.6 Å². The third-order valence-electron chi connectivity index (χ3n) is 5.10. The van der Waals surface area contributed by atoms with Gasteiger partial charge in [-0.25, -0.2) is 9.36 Å². The predicted molar refractivity (Wildman–Crippen MR) is 122 cm³/mol. The third-order valence-corrected chi connectivity index (χ3v) is 5.33. The lowest BCUT2D eigenvalue weighted by Crippen LogP contribution is -2.42. The zero-order valence-electron chi connectivity index (χ0n) is 16.8. The molecule has 4 rings (SSSR count). The maximum atomic E-state index is 13.3. The second kappa shape index (κ2) is 8.62. The number of amides is 1. The normalized spacial score (nSPS) is 11.9. The van der Waals surface area contributed by atoms with Gasteiger partial charge in [0.05, 0.1) is 22.6 Å². The molecule has 0 radical (unpaired) electrons. The standard InChI is InChI=1S/C24H20ClN3O3/c1-16(17-8-3-2-4-9-17)26-22(29)15-27-21-13-6-5-12-20(21)23(30)28(24(27)31)19-11-7-10-18(25)14-19/h2-14,16H,15H2,1H3,(H,26,29)/t16-/m0/s1. The first-order chi connectivity index (χ1) is 15.0. The van der Waals surface area contributed by atoms with Crippen LogP contribution in [0.25, 0.3) is 16.6 Å². The minimum absolute atomic E-state index is 0.225. The number of carbonyl (C=O) groups is 1. The molecule has 1 amide bonds. The summed E-state index contributed by atoms with van der Waals surface area (Å²) in [6.07, 6.45) is 0. The zero-order valence-corrected chi connectivity index (χ0v) is 17.5. The number of benzene rings is 3. The first-order valence-corrected chi connectivity index (χ1v) is 10.2. The number of aromatic nitrogens is 2. The molecule has 0 spiro atoms.